The molecule has 3 rings (SSSR count). The molecule has 3 nitrogen and oxygen atoms in total. The minimum Gasteiger partial charge on any atom is -0.318 e. The summed E-state index contributed by atoms with van der Waals surface area (Å²) in [7, 11) is 1.82. The Hall–Kier alpha value is -1.40. The molecular formula is C15H10Cl2N2OS2. The lowest BCUT2D eigenvalue weighted by atomic mass is 10.3. The van der Waals surface area contributed by atoms with Crippen LogP contribution in [-0.4, -0.2) is 10.5 Å². The van der Waals surface area contributed by atoms with E-state index in [1.807, 2.05) is 30.6 Å². The number of hydrogen-bond donors (Lipinski definition) is 0. The van der Waals surface area contributed by atoms with Crippen LogP contribution in [0.25, 0.3) is 16.3 Å². The van der Waals surface area contributed by atoms with Crippen molar-refractivity contribution in [1.82, 2.24) is 4.57 Å². The van der Waals surface area contributed by atoms with Gasteiger partial charge in [0.2, 0.25) is 0 Å². The maximum absolute atomic E-state index is 12.0. The molecule has 0 aliphatic heterocycles. The highest BCUT2D eigenvalue weighted by Gasteiger charge is 2.10. The van der Waals surface area contributed by atoms with Crippen LogP contribution in [0.4, 0.5) is 0 Å². The summed E-state index contributed by atoms with van der Waals surface area (Å²) in [5.41, 5.74) is 0.785. The number of carbonyl (C=O) groups excluding carboxylic acids is 1. The van der Waals surface area contributed by atoms with E-state index < -0.39 is 0 Å². The molecule has 0 N–H and O–H groups in total. The van der Waals surface area contributed by atoms with Gasteiger partial charge in [-0.05, 0) is 29.7 Å². The van der Waals surface area contributed by atoms with Gasteiger partial charge in [-0.15, -0.1) is 11.3 Å². The zero-order valence-corrected chi connectivity index (χ0v) is 14.6. The van der Waals surface area contributed by atoms with Crippen molar-refractivity contribution in [2.24, 2.45) is 12.0 Å². The molecule has 22 heavy (non-hydrogen) atoms. The van der Waals surface area contributed by atoms with E-state index in [-0.39, 0.29) is 5.91 Å². The van der Waals surface area contributed by atoms with Crippen molar-refractivity contribution < 1.29 is 4.79 Å². The molecule has 0 bridgehead atoms. The van der Waals surface area contributed by atoms with Crippen LogP contribution >= 0.6 is 45.9 Å². The van der Waals surface area contributed by atoms with Crippen LogP contribution in [0.2, 0.25) is 10.0 Å². The second kappa shape index (κ2) is 6.38. The fraction of sp³-hybridized carbons (Fsp3) is 0.0667. The third-order valence-electron chi connectivity index (χ3n) is 2.99. The van der Waals surface area contributed by atoms with Crippen LogP contribution in [0, 0.1) is 0 Å². The van der Waals surface area contributed by atoms with E-state index in [0.29, 0.717) is 14.8 Å². The Labute approximate surface area is 144 Å². The fourth-order valence-corrected chi connectivity index (χ4v) is 4.10. The molecule has 112 valence electrons. The number of hydrogen-bond acceptors (Lipinski definition) is 3. The molecule has 2 aromatic heterocycles. The Morgan fingerprint density at radius 2 is 2.14 bits per heavy atom. The molecule has 0 spiro atoms. The van der Waals surface area contributed by atoms with Gasteiger partial charge in [0, 0.05) is 18.0 Å². The first kappa shape index (κ1) is 15.5. The first-order valence-corrected chi connectivity index (χ1v) is 8.75. The highest BCUT2D eigenvalue weighted by Crippen LogP contribution is 2.31. The Balaban J connectivity index is 2.01. The first-order chi connectivity index (χ1) is 10.6. The molecule has 0 atom stereocenters. The van der Waals surface area contributed by atoms with Gasteiger partial charge < -0.3 is 4.57 Å². The van der Waals surface area contributed by atoms with E-state index >= 15 is 0 Å². The van der Waals surface area contributed by atoms with Gasteiger partial charge >= 0.3 is 0 Å². The maximum atomic E-state index is 12.0. The van der Waals surface area contributed by atoms with Gasteiger partial charge in [0.15, 0.2) is 4.80 Å². The summed E-state index contributed by atoms with van der Waals surface area (Å²) in [6, 6.07) is 7.49. The highest BCUT2D eigenvalue weighted by atomic mass is 35.5. The van der Waals surface area contributed by atoms with Crippen LogP contribution in [0.5, 0.6) is 0 Å². The number of benzene rings is 1. The number of amides is 1. The lowest BCUT2D eigenvalue weighted by Crippen LogP contribution is -2.12. The van der Waals surface area contributed by atoms with Crippen LogP contribution < -0.4 is 4.80 Å². The number of fused-ring (bicyclic) bond motifs is 1. The van der Waals surface area contributed by atoms with E-state index in [2.05, 4.69) is 4.99 Å². The number of aromatic nitrogens is 1. The summed E-state index contributed by atoms with van der Waals surface area (Å²) in [5.74, 6) is -0.308. The van der Waals surface area contributed by atoms with Crippen LogP contribution in [0.1, 0.15) is 4.88 Å². The molecule has 0 fully saturated rings. The van der Waals surface area contributed by atoms with Gasteiger partial charge in [0.25, 0.3) is 5.91 Å². The van der Waals surface area contributed by atoms with E-state index in [4.69, 9.17) is 23.2 Å². The first-order valence-electron chi connectivity index (χ1n) is 6.30. The van der Waals surface area contributed by atoms with E-state index in [0.717, 1.165) is 15.1 Å². The van der Waals surface area contributed by atoms with E-state index in [9.17, 15) is 4.79 Å². The topological polar surface area (TPSA) is 34.4 Å². The molecule has 7 heteroatoms. The summed E-state index contributed by atoms with van der Waals surface area (Å²) in [4.78, 5) is 17.7. The largest absolute Gasteiger partial charge is 0.318 e. The van der Waals surface area contributed by atoms with Crippen molar-refractivity contribution >= 4 is 68.1 Å². The predicted octanol–water partition coefficient (Wildman–Crippen LogP) is 4.75. The van der Waals surface area contributed by atoms with Gasteiger partial charge in [0.1, 0.15) is 0 Å². The molecular weight excluding hydrogens is 359 g/mol. The fourth-order valence-electron chi connectivity index (χ4n) is 1.95. The number of thiazole rings is 1. The average Bonchev–Trinajstić information content (AvgIpc) is 3.10. The molecule has 0 aliphatic carbocycles. The van der Waals surface area contributed by atoms with Gasteiger partial charge in [-0.1, -0.05) is 40.6 Å². The Morgan fingerprint density at radius 3 is 2.86 bits per heavy atom. The molecule has 0 radical (unpaired) electrons. The minimum absolute atomic E-state index is 0.308. The Bertz CT molecular complexity index is 937. The summed E-state index contributed by atoms with van der Waals surface area (Å²) in [6.45, 7) is 0. The number of nitrogens with zero attached hydrogens (tertiary/aromatic N) is 2. The number of aryl methyl sites for hydroxylation is 1. The summed E-state index contributed by atoms with van der Waals surface area (Å²) < 4.78 is 2.72. The SMILES string of the molecule is Cn1c(=NC(=O)C=Cc2cccs2)sc2ccc(Cl)c(Cl)c21. The maximum Gasteiger partial charge on any atom is 0.272 e. The number of carbonyl (C=O) groups is 1. The van der Waals surface area contributed by atoms with E-state index in [1.165, 1.54) is 17.4 Å². The van der Waals surface area contributed by atoms with Crippen LogP contribution in [-0.2, 0) is 11.8 Å². The van der Waals surface area contributed by atoms with Crippen molar-refractivity contribution in [3.05, 3.63) is 55.4 Å². The van der Waals surface area contributed by atoms with Crippen molar-refractivity contribution in [2.75, 3.05) is 0 Å². The molecule has 0 aliphatic rings. The van der Waals surface area contributed by atoms with Gasteiger partial charge in [-0.3, -0.25) is 4.79 Å². The zero-order chi connectivity index (χ0) is 15.7. The lowest BCUT2D eigenvalue weighted by Gasteiger charge is -1.99. The van der Waals surface area contributed by atoms with E-state index in [1.54, 1.807) is 28.0 Å². The molecule has 1 amide bonds. The molecule has 0 unspecified atom stereocenters. The van der Waals surface area contributed by atoms with Crippen LogP contribution in [0.3, 0.4) is 0 Å². The minimum atomic E-state index is -0.308. The summed E-state index contributed by atoms with van der Waals surface area (Å²) in [5, 5.41) is 2.91. The van der Waals surface area contributed by atoms with Crippen molar-refractivity contribution in [2.45, 2.75) is 0 Å². The standard InChI is InChI=1S/C15H10Cl2N2OS2/c1-19-14-11(6-5-10(16)13(14)17)22-15(19)18-12(20)7-4-9-3-2-8-21-9/h2-8H,1H3. The summed E-state index contributed by atoms with van der Waals surface area (Å²) >= 11 is 15.2. The van der Waals surface area contributed by atoms with Crippen molar-refractivity contribution in [3.8, 4) is 0 Å². The third-order valence-corrected chi connectivity index (χ3v) is 5.72. The molecule has 0 saturated carbocycles. The molecule has 2 heterocycles. The average molecular weight is 369 g/mol. The second-order valence-corrected chi connectivity index (χ2v) is 7.22. The Kier molecular flexibility index (Phi) is 4.49. The monoisotopic (exact) mass is 368 g/mol. The normalized spacial score (nSPS) is 12.6. The summed E-state index contributed by atoms with van der Waals surface area (Å²) in [6.07, 6.45) is 3.22. The molecule has 0 saturated heterocycles. The van der Waals surface area contributed by atoms with Gasteiger partial charge in [0.05, 0.1) is 20.3 Å². The van der Waals surface area contributed by atoms with Crippen LogP contribution in [0.15, 0.2) is 40.7 Å². The number of thiophene rings is 1. The molecule has 1 aromatic carbocycles. The van der Waals surface area contributed by atoms with Gasteiger partial charge in [-0.25, -0.2) is 0 Å². The van der Waals surface area contributed by atoms with Crippen molar-refractivity contribution in [3.63, 3.8) is 0 Å². The van der Waals surface area contributed by atoms with Gasteiger partial charge in [-0.2, -0.15) is 4.99 Å². The predicted molar refractivity (Wildman–Crippen MR) is 94.7 cm³/mol. The highest BCUT2D eigenvalue weighted by molar-refractivity contribution is 7.16. The third kappa shape index (κ3) is 3.03. The second-order valence-electron chi connectivity index (χ2n) is 4.45. The number of halogens is 2. The number of rotatable bonds is 2. The smallest absolute Gasteiger partial charge is 0.272 e. The Morgan fingerprint density at radius 1 is 1.32 bits per heavy atom. The lowest BCUT2D eigenvalue weighted by molar-refractivity contribution is -0.113. The van der Waals surface area contributed by atoms with Crippen molar-refractivity contribution in [1.29, 1.82) is 0 Å². The molecule has 3 aromatic rings. The zero-order valence-electron chi connectivity index (χ0n) is 11.4. The quantitative estimate of drug-likeness (QED) is 0.601.